The van der Waals surface area contributed by atoms with Crippen LogP contribution < -0.4 is 0 Å². The van der Waals surface area contributed by atoms with Gasteiger partial charge in [0.05, 0.1) is 11.5 Å². The Kier molecular flexibility index (Phi) is 2.36. The average molecular weight is 231 g/mol. The van der Waals surface area contributed by atoms with Crippen molar-refractivity contribution >= 4 is 21.6 Å². The Hall–Kier alpha value is -0.820. The zero-order chi connectivity index (χ0) is 10.2. The number of aromatic amines is 1. The van der Waals surface area contributed by atoms with Gasteiger partial charge in [-0.3, -0.25) is 5.10 Å². The Morgan fingerprint density at radius 2 is 2.36 bits per heavy atom. The van der Waals surface area contributed by atoms with Gasteiger partial charge >= 0.3 is 0 Å². The third-order valence-electron chi connectivity index (χ3n) is 1.73. The van der Waals surface area contributed by atoms with Crippen LogP contribution in [0.4, 0.5) is 0 Å². The minimum Gasteiger partial charge on any atom is -0.262 e. The van der Waals surface area contributed by atoms with E-state index in [0.29, 0.717) is 5.16 Å². The second-order valence-electron chi connectivity index (χ2n) is 3.03. The molecule has 1 N–H and O–H groups in total. The lowest BCUT2D eigenvalue weighted by Gasteiger charge is -1.94. The first-order valence-electron chi connectivity index (χ1n) is 4.01. The van der Waals surface area contributed by atoms with E-state index >= 15 is 0 Å². The second-order valence-corrected chi connectivity index (χ2v) is 6.23. The Bertz CT molecular complexity index is 475. The number of sulfone groups is 1. The molecule has 0 saturated carbocycles. The molecular weight excluding hydrogens is 222 g/mol. The average Bonchev–Trinajstić information content (AvgIpc) is 2.59. The molecule has 0 unspecified atom stereocenters. The van der Waals surface area contributed by atoms with Crippen molar-refractivity contribution < 1.29 is 8.42 Å². The number of nitrogens with zero attached hydrogens (tertiary/aromatic N) is 2. The van der Waals surface area contributed by atoms with E-state index in [-0.39, 0.29) is 11.5 Å². The number of aryl methyl sites for hydroxylation is 1. The summed E-state index contributed by atoms with van der Waals surface area (Å²) in [5.41, 5.74) is 0. The van der Waals surface area contributed by atoms with Gasteiger partial charge < -0.3 is 0 Å². The molecule has 0 fully saturated rings. The SMILES string of the molecule is Cc1nc(SC2=CCS(=O)(=O)C2)n[nH]1. The van der Waals surface area contributed by atoms with E-state index in [4.69, 9.17) is 0 Å². The van der Waals surface area contributed by atoms with Crippen LogP contribution >= 0.6 is 11.8 Å². The molecule has 2 heterocycles. The summed E-state index contributed by atoms with van der Waals surface area (Å²) < 4.78 is 22.2. The van der Waals surface area contributed by atoms with Crippen LogP contribution in [-0.4, -0.2) is 35.1 Å². The van der Waals surface area contributed by atoms with E-state index in [1.54, 1.807) is 13.0 Å². The normalized spacial score (nSPS) is 19.6. The highest BCUT2D eigenvalue weighted by Gasteiger charge is 2.21. The number of hydrogen-bond donors (Lipinski definition) is 1. The summed E-state index contributed by atoms with van der Waals surface area (Å²) in [5, 5.41) is 7.20. The molecule has 0 amide bonds. The molecule has 2 rings (SSSR count). The van der Waals surface area contributed by atoms with Gasteiger partial charge in [0, 0.05) is 4.91 Å². The van der Waals surface area contributed by atoms with Crippen LogP contribution in [0.15, 0.2) is 16.1 Å². The molecule has 0 bridgehead atoms. The van der Waals surface area contributed by atoms with E-state index in [9.17, 15) is 8.42 Å². The van der Waals surface area contributed by atoms with Gasteiger partial charge in [0.2, 0.25) is 5.16 Å². The summed E-state index contributed by atoms with van der Waals surface area (Å²) in [7, 11) is -2.89. The molecule has 1 aliphatic rings. The smallest absolute Gasteiger partial charge is 0.212 e. The maximum atomic E-state index is 11.1. The molecule has 0 aliphatic carbocycles. The fourth-order valence-electron chi connectivity index (χ4n) is 1.11. The highest BCUT2D eigenvalue weighted by molar-refractivity contribution is 8.04. The summed E-state index contributed by atoms with van der Waals surface area (Å²) in [6.07, 6.45) is 1.71. The molecule has 1 aromatic rings. The predicted molar refractivity (Wildman–Crippen MR) is 53.7 cm³/mol. The lowest BCUT2D eigenvalue weighted by atomic mass is 10.6. The maximum absolute atomic E-state index is 11.1. The van der Waals surface area contributed by atoms with Crippen LogP contribution in [-0.2, 0) is 9.84 Å². The summed E-state index contributed by atoms with van der Waals surface area (Å²) >= 11 is 1.30. The Balaban J connectivity index is 2.07. The number of thioether (sulfide) groups is 1. The fraction of sp³-hybridized carbons (Fsp3) is 0.429. The second kappa shape index (κ2) is 3.39. The highest BCUT2D eigenvalue weighted by atomic mass is 32.2. The van der Waals surface area contributed by atoms with E-state index in [1.807, 2.05) is 0 Å². The van der Waals surface area contributed by atoms with Gasteiger partial charge in [0.25, 0.3) is 0 Å². The van der Waals surface area contributed by atoms with Crippen LogP contribution in [0.25, 0.3) is 0 Å². The highest BCUT2D eigenvalue weighted by Crippen LogP contribution is 2.28. The van der Waals surface area contributed by atoms with Gasteiger partial charge in [0.15, 0.2) is 9.84 Å². The largest absolute Gasteiger partial charge is 0.262 e. The Morgan fingerprint density at radius 3 is 2.86 bits per heavy atom. The topological polar surface area (TPSA) is 75.7 Å². The lowest BCUT2D eigenvalue weighted by Crippen LogP contribution is -2.01. The van der Waals surface area contributed by atoms with Crippen LogP contribution in [0.1, 0.15) is 5.82 Å². The molecule has 0 spiro atoms. The number of rotatable bonds is 2. The first-order chi connectivity index (χ1) is 6.55. The minimum absolute atomic E-state index is 0.116. The summed E-state index contributed by atoms with van der Waals surface area (Å²) in [4.78, 5) is 4.89. The lowest BCUT2D eigenvalue weighted by molar-refractivity contribution is 0.603. The first kappa shape index (κ1) is 9.72. The number of H-pyrrole nitrogens is 1. The van der Waals surface area contributed by atoms with Crippen molar-refractivity contribution in [1.82, 2.24) is 15.2 Å². The maximum Gasteiger partial charge on any atom is 0.212 e. The molecular formula is C7H9N3O2S2. The first-order valence-corrected chi connectivity index (χ1v) is 6.65. The van der Waals surface area contributed by atoms with Crippen LogP contribution in [0, 0.1) is 6.92 Å². The fourth-order valence-corrected chi connectivity index (χ4v) is 3.79. The van der Waals surface area contributed by atoms with Crippen molar-refractivity contribution in [1.29, 1.82) is 0 Å². The van der Waals surface area contributed by atoms with Gasteiger partial charge in [-0.2, -0.15) is 0 Å². The van der Waals surface area contributed by atoms with Crippen molar-refractivity contribution in [2.45, 2.75) is 12.1 Å². The van der Waals surface area contributed by atoms with E-state index in [2.05, 4.69) is 15.2 Å². The molecule has 0 aromatic carbocycles. The third-order valence-corrected chi connectivity index (χ3v) is 4.27. The number of hydrogen-bond acceptors (Lipinski definition) is 5. The molecule has 7 heteroatoms. The molecule has 5 nitrogen and oxygen atoms in total. The zero-order valence-electron chi connectivity index (χ0n) is 7.52. The summed E-state index contributed by atoms with van der Waals surface area (Å²) in [6.45, 7) is 1.80. The molecule has 1 aromatic heterocycles. The predicted octanol–water partition coefficient (Wildman–Crippen LogP) is 0.518. The molecule has 0 saturated heterocycles. The number of aromatic nitrogens is 3. The van der Waals surface area contributed by atoms with Crippen molar-refractivity contribution in [3.63, 3.8) is 0 Å². The third kappa shape index (κ3) is 2.16. The summed E-state index contributed by atoms with van der Waals surface area (Å²) in [6, 6.07) is 0. The van der Waals surface area contributed by atoms with Crippen LogP contribution in [0.3, 0.4) is 0 Å². The van der Waals surface area contributed by atoms with Crippen LogP contribution in [0.5, 0.6) is 0 Å². The zero-order valence-corrected chi connectivity index (χ0v) is 9.15. The molecule has 14 heavy (non-hydrogen) atoms. The van der Waals surface area contributed by atoms with Gasteiger partial charge in [-0.15, -0.1) is 5.10 Å². The monoisotopic (exact) mass is 231 g/mol. The van der Waals surface area contributed by atoms with Crippen molar-refractivity contribution in [2.24, 2.45) is 0 Å². The van der Waals surface area contributed by atoms with Gasteiger partial charge in [-0.05, 0) is 6.92 Å². The molecule has 1 aliphatic heterocycles. The standard InChI is InChI=1S/C7H9N3O2S2/c1-5-8-7(10-9-5)13-6-2-3-14(11,12)4-6/h2H,3-4H2,1H3,(H,8,9,10). The van der Waals surface area contributed by atoms with E-state index in [1.165, 1.54) is 11.8 Å². The van der Waals surface area contributed by atoms with Gasteiger partial charge in [-0.1, -0.05) is 17.8 Å². The van der Waals surface area contributed by atoms with E-state index in [0.717, 1.165) is 10.7 Å². The Morgan fingerprint density at radius 1 is 1.57 bits per heavy atom. The Labute approximate surface area is 85.9 Å². The molecule has 0 atom stereocenters. The quantitative estimate of drug-likeness (QED) is 0.803. The molecule has 0 radical (unpaired) electrons. The van der Waals surface area contributed by atoms with Crippen molar-refractivity contribution in [2.75, 3.05) is 11.5 Å². The van der Waals surface area contributed by atoms with Gasteiger partial charge in [-0.25, -0.2) is 13.4 Å². The van der Waals surface area contributed by atoms with E-state index < -0.39 is 9.84 Å². The van der Waals surface area contributed by atoms with Crippen molar-refractivity contribution in [3.8, 4) is 0 Å². The van der Waals surface area contributed by atoms with Crippen molar-refractivity contribution in [3.05, 3.63) is 16.8 Å². The number of nitrogens with one attached hydrogen (secondary N) is 1. The van der Waals surface area contributed by atoms with Crippen LogP contribution in [0.2, 0.25) is 0 Å². The summed E-state index contributed by atoms with van der Waals surface area (Å²) in [5.74, 6) is 0.984. The molecule has 76 valence electrons. The minimum atomic E-state index is -2.89. The van der Waals surface area contributed by atoms with Gasteiger partial charge in [0.1, 0.15) is 5.82 Å².